The van der Waals surface area contributed by atoms with E-state index in [9.17, 15) is 29.4 Å². The predicted molar refractivity (Wildman–Crippen MR) is 119 cm³/mol. The smallest absolute Gasteiger partial charge is 0.325 e. The summed E-state index contributed by atoms with van der Waals surface area (Å²) in [5.41, 5.74) is 7.07. The number of carboxylic acid groups (broad SMARTS) is 2. The van der Waals surface area contributed by atoms with Gasteiger partial charge in [-0.1, -0.05) is 12.2 Å². The molecule has 1 aliphatic carbocycles. The van der Waals surface area contributed by atoms with Gasteiger partial charge in [-0.25, -0.2) is 0 Å². The highest BCUT2D eigenvalue weighted by molar-refractivity contribution is 5.98. The minimum absolute atomic E-state index is 0.297. The van der Waals surface area contributed by atoms with E-state index < -0.39 is 47.7 Å². The van der Waals surface area contributed by atoms with Crippen molar-refractivity contribution in [3.05, 3.63) is 42.1 Å². The number of fused-ring (bicyclic) bond motifs is 1. The molecule has 2 aromatic rings. The van der Waals surface area contributed by atoms with Crippen LogP contribution in [-0.4, -0.2) is 56.4 Å². The number of anilines is 1. The number of carbonyl (C=O) groups excluding carboxylic acids is 2. The lowest BCUT2D eigenvalue weighted by molar-refractivity contribution is -0.146. The average Bonchev–Trinajstić information content (AvgIpc) is 3.42. The molecule has 2 aliphatic rings. The molecule has 1 saturated heterocycles. The van der Waals surface area contributed by atoms with Crippen LogP contribution in [0.4, 0.5) is 5.69 Å². The number of aliphatic carboxylic acids is 2. The third-order valence-corrected chi connectivity index (χ3v) is 6.55. The molecule has 4 atom stereocenters. The highest BCUT2D eigenvalue weighted by atomic mass is 16.4. The summed E-state index contributed by atoms with van der Waals surface area (Å²) in [6.07, 6.45) is 6.98. The molecule has 0 saturated carbocycles. The van der Waals surface area contributed by atoms with E-state index in [0.29, 0.717) is 54.4 Å². The van der Waals surface area contributed by atoms with Gasteiger partial charge in [0.2, 0.25) is 11.8 Å². The molecule has 10 nitrogen and oxygen atoms in total. The van der Waals surface area contributed by atoms with Crippen LogP contribution in [-0.2, 0) is 19.2 Å². The van der Waals surface area contributed by atoms with Gasteiger partial charge in [-0.2, -0.15) is 0 Å². The highest BCUT2D eigenvalue weighted by Gasteiger charge is 2.40. The van der Waals surface area contributed by atoms with Crippen LogP contribution in [0.5, 0.6) is 0 Å². The molecule has 6 N–H and O–H groups in total. The molecule has 1 aliphatic heterocycles. The molecule has 10 heteroatoms. The lowest BCUT2D eigenvalue weighted by Gasteiger charge is -2.28. The molecule has 33 heavy (non-hydrogen) atoms. The number of nitrogens with zero attached hydrogens (tertiary/aromatic N) is 1. The van der Waals surface area contributed by atoms with Crippen molar-refractivity contribution < 1.29 is 29.4 Å². The quantitative estimate of drug-likeness (QED) is 0.398. The van der Waals surface area contributed by atoms with E-state index in [1.54, 1.807) is 41.4 Å². The van der Waals surface area contributed by atoms with Crippen molar-refractivity contribution in [3.8, 4) is 0 Å². The summed E-state index contributed by atoms with van der Waals surface area (Å²) in [5.74, 6) is -4.55. The average molecular weight is 454 g/mol. The molecule has 2 heterocycles. The van der Waals surface area contributed by atoms with Crippen LogP contribution < -0.4 is 11.1 Å². The zero-order valence-corrected chi connectivity index (χ0v) is 17.9. The first-order valence-corrected chi connectivity index (χ1v) is 10.9. The second kappa shape index (κ2) is 9.07. The maximum Gasteiger partial charge on any atom is 0.325 e. The summed E-state index contributed by atoms with van der Waals surface area (Å²) in [4.78, 5) is 53.1. The number of allylic oxidation sites excluding steroid dienone is 2. The Balaban J connectivity index is 1.64. The number of amides is 2. The minimum Gasteiger partial charge on any atom is -0.481 e. The highest BCUT2D eigenvalue weighted by Crippen LogP contribution is 2.35. The molecule has 0 radical (unpaired) electrons. The maximum atomic E-state index is 12.8. The number of likely N-dealkylation sites (tertiary alicyclic amines) is 1. The first-order chi connectivity index (χ1) is 15.8. The molecular weight excluding hydrogens is 428 g/mol. The van der Waals surface area contributed by atoms with Crippen molar-refractivity contribution in [1.82, 2.24) is 9.88 Å². The summed E-state index contributed by atoms with van der Waals surface area (Å²) in [6.45, 7) is 0.430. The lowest BCUT2D eigenvalue weighted by Crippen LogP contribution is -2.44. The van der Waals surface area contributed by atoms with Crippen LogP contribution in [0.1, 0.15) is 37.3 Å². The molecule has 2 amide bonds. The Bertz CT molecular complexity index is 1140. The largest absolute Gasteiger partial charge is 0.481 e. The van der Waals surface area contributed by atoms with Crippen LogP contribution in [0, 0.1) is 11.8 Å². The molecule has 1 aromatic heterocycles. The minimum atomic E-state index is -1.10. The first-order valence-electron chi connectivity index (χ1n) is 10.9. The second-order valence-corrected chi connectivity index (χ2v) is 8.53. The second-order valence-electron chi connectivity index (χ2n) is 8.53. The number of hydrogen-bond acceptors (Lipinski definition) is 5. The van der Waals surface area contributed by atoms with Gasteiger partial charge in [0.25, 0.3) is 0 Å². The fourth-order valence-corrected chi connectivity index (χ4v) is 4.92. The summed E-state index contributed by atoms with van der Waals surface area (Å²) >= 11 is 0. The molecule has 0 spiro atoms. The van der Waals surface area contributed by atoms with Crippen molar-refractivity contribution in [1.29, 1.82) is 0 Å². The number of hydrogen-bond donors (Lipinski definition) is 5. The van der Waals surface area contributed by atoms with Crippen molar-refractivity contribution >= 4 is 40.3 Å². The number of nitrogens with two attached hydrogens (primary N) is 1. The van der Waals surface area contributed by atoms with Crippen molar-refractivity contribution in [3.63, 3.8) is 0 Å². The van der Waals surface area contributed by atoms with E-state index in [4.69, 9.17) is 5.73 Å². The van der Waals surface area contributed by atoms with Crippen molar-refractivity contribution in [2.75, 3.05) is 11.9 Å². The Hall–Kier alpha value is -3.66. The van der Waals surface area contributed by atoms with E-state index in [1.165, 1.54) is 0 Å². The molecule has 1 fully saturated rings. The molecule has 4 rings (SSSR count). The molecule has 0 bridgehead atoms. The first kappa shape index (κ1) is 22.5. The normalized spacial score (nSPS) is 23.9. The molecule has 0 unspecified atom stereocenters. The topological polar surface area (TPSA) is 166 Å². The Morgan fingerprint density at radius 2 is 1.85 bits per heavy atom. The predicted octanol–water partition coefficient (Wildman–Crippen LogP) is 1.85. The number of aromatic amines is 1. The van der Waals surface area contributed by atoms with E-state index in [1.807, 2.05) is 0 Å². The third-order valence-electron chi connectivity index (χ3n) is 6.55. The standard InChI is InChI=1S/C23H26N4O6/c24-20(28)18-6-3-9-27(18)19(23(32)33)16-11-25-17-8-7-12(10-15(16)17)26-21(29)13-4-1-2-5-14(13)22(30)31/h1-2,7-8,10-11,13-14,18-19,25H,3-6,9H2,(H2,24,28)(H,26,29)(H,30,31)(H,32,33)/t13-,14+,18+,19-/m1/s1. The van der Waals surface area contributed by atoms with Crippen LogP contribution in [0.2, 0.25) is 0 Å². The van der Waals surface area contributed by atoms with Gasteiger partial charge in [-0.15, -0.1) is 0 Å². The van der Waals surface area contributed by atoms with E-state index >= 15 is 0 Å². The Morgan fingerprint density at radius 1 is 1.12 bits per heavy atom. The van der Waals surface area contributed by atoms with Gasteiger partial charge in [-0.05, 0) is 43.9 Å². The van der Waals surface area contributed by atoms with Gasteiger partial charge < -0.3 is 26.2 Å². The van der Waals surface area contributed by atoms with Gasteiger partial charge in [0.15, 0.2) is 0 Å². The number of aromatic nitrogens is 1. The maximum absolute atomic E-state index is 12.8. The van der Waals surface area contributed by atoms with Crippen LogP contribution in [0.15, 0.2) is 36.5 Å². The number of carbonyl (C=O) groups is 4. The monoisotopic (exact) mass is 454 g/mol. The fraction of sp³-hybridized carbons (Fsp3) is 0.391. The number of benzene rings is 1. The van der Waals surface area contributed by atoms with Crippen LogP contribution in [0.3, 0.4) is 0 Å². The number of rotatable bonds is 7. The Labute approximate surface area is 189 Å². The summed E-state index contributed by atoms with van der Waals surface area (Å²) in [6, 6.07) is 3.32. The van der Waals surface area contributed by atoms with E-state index in [0.717, 1.165) is 0 Å². The third kappa shape index (κ3) is 4.34. The molecule has 174 valence electrons. The van der Waals surface area contributed by atoms with Crippen molar-refractivity contribution in [2.45, 2.75) is 37.8 Å². The molecular formula is C23H26N4O6. The Morgan fingerprint density at radius 3 is 2.52 bits per heavy atom. The molecule has 1 aromatic carbocycles. The lowest BCUT2D eigenvalue weighted by atomic mass is 9.82. The number of H-pyrrole nitrogens is 1. The zero-order chi connectivity index (χ0) is 23.7. The van der Waals surface area contributed by atoms with E-state index in [2.05, 4.69) is 10.3 Å². The van der Waals surface area contributed by atoms with Gasteiger partial charge in [-0.3, -0.25) is 24.1 Å². The summed E-state index contributed by atoms with van der Waals surface area (Å²) in [7, 11) is 0. The SMILES string of the molecule is NC(=O)[C@@H]1CCCN1[C@@H](C(=O)O)c1c[nH]c2ccc(NC(=O)[C@@H]3CC=CC[C@@H]3C(=O)O)cc12. The van der Waals surface area contributed by atoms with Crippen LogP contribution in [0.25, 0.3) is 10.9 Å². The van der Waals surface area contributed by atoms with E-state index in [-0.39, 0.29) is 0 Å². The zero-order valence-electron chi connectivity index (χ0n) is 17.9. The van der Waals surface area contributed by atoms with Gasteiger partial charge in [0.1, 0.15) is 6.04 Å². The number of nitrogens with one attached hydrogen (secondary N) is 2. The Kier molecular flexibility index (Phi) is 6.19. The van der Waals surface area contributed by atoms with Gasteiger partial charge in [0.05, 0.1) is 17.9 Å². The van der Waals surface area contributed by atoms with Crippen LogP contribution >= 0.6 is 0 Å². The van der Waals surface area contributed by atoms with Gasteiger partial charge in [0, 0.05) is 34.9 Å². The summed E-state index contributed by atoms with van der Waals surface area (Å²) in [5, 5.41) is 22.8. The number of primary amides is 1. The fourth-order valence-electron chi connectivity index (χ4n) is 4.92. The van der Waals surface area contributed by atoms with Gasteiger partial charge >= 0.3 is 11.9 Å². The van der Waals surface area contributed by atoms with Crippen molar-refractivity contribution in [2.24, 2.45) is 17.6 Å². The number of carboxylic acids is 2. The summed E-state index contributed by atoms with van der Waals surface area (Å²) < 4.78 is 0.